The Hall–Kier alpha value is -3.35. The van der Waals surface area contributed by atoms with Gasteiger partial charge in [0.1, 0.15) is 12.6 Å². The van der Waals surface area contributed by atoms with Gasteiger partial charge >= 0.3 is 6.18 Å². The van der Waals surface area contributed by atoms with Gasteiger partial charge in [0.2, 0.25) is 0 Å². The second-order valence-electron chi connectivity index (χ2n) is 11.3. The maximum atomic E-state index is 15.8. The molecule has 43 heavy (non-hydrogen) atoms. The number of hydrogen-bond donors (Lipinski definition) is 1. The van der Waals surface area contributed by atoms with E-state index in [-0.39, 0.29) is 36.7 Å². The molecule has 0 bridgehead atoms. The van der Waals surface area contributed by atoms with E-state index >= 15 is 4.39 Å². The molecule has 234 valence electrons. The van der Waals surface area contributed by atoms with Gasteiger partial charge in [-0.3, -0.25) is 9.69 Å². The van der Waals surface area contributed by atoms with E-state index in [1.807, 2.05) is 0 Å². The SMILES string of the molecule is CCC.CN(Cc1c(C=O)cc(CN2CCNCC2)cc1C(F)(F)F)c1cccc(C2(C(F)c3nncn3C)COC2)c1. The molecule has 1 N–H and O–H groups in total. The molecule has 12 heteroatoms. The third-order valence-electron chi connectivity index (χ3n) is 7.83. The van der Waals surface area contributed by atoms with E-state index in [1.165, 1.54) is 17.3 Å². The van der Waals surface area contributed by atoms with E-state index in [0.717, 1.165) is 32.2 Å². The van der Waals surface area contributed by atoms with Gasteiger partial charge in [-0.05, 0) is 41.0 Å². The molecule has 2 saturated heterocycles. The Morgan fingerprint density at radius 3 is 2.42 bits per heavy atom. The van der Waals surface area contributed by atoms with Crippen molar-refractivity contribution in [1.29, 1.82) is 0 Å². The van der Waals surface area contributed by atoms with Crippen LogP contribution >= 0.6 is 0 Å². The second kappa shape index (κ2) is 14.0. The quantitative estimate of drug-likeness (QED) is 0.270. The van der Waals surface area contributed by atoms with E-state index < -0.39 is 23.3 Å². The minimum Gasteiger partial charge on any atom is -0.379 e. The highest BCUT2D eigenvalue weighted by molar-refractivity contribution is 5.79. The molecule has 0 amide bonds. The summed E-state index contributed by atoms with van der Waals surface area (Å²) in [4.78, 5) is 15.7. The molecule has 1 atom stereocenters. The second-order valence-corrected chi connectivity index (χ2v) is 11.3. The third-order valence-corrected chi connectivity index (χ3v) is 7.83. The first kappa shape index (κ1) is 32.6. The molecule has 8 nitrogen and oxygen atoms in total. The van der Waals surface area contributed by atoms with Crippen molar-refractivity contribution in [3.05, 3.63) is 76.4 Å². The number of alkyl halides is 4. The summed E-state index contributed by atoms with van der Waals surface area (Å²) in [6.45, 7) is 7.68. The fourth-order valence-corrected chi connectivity index (χ4v) is 5.44. The first-order chi connectivity index (χ1) is 20.5. The number of rotatable bonds is 9. The smallest absolute Gasteiger partial charge is 0.379 e. The van der Waals surface area contributed by atoms with E-state index in [4.69, 9.17) is 4.74 Å². The molecule has 0 radical (unpaired) electrons. The zero-order valence-electron chi connectivity index (χ0n) is 25.1. The topological polar surface area (TPSA) is 75.5 Å². The van der Waals surface area contributed by atoms with Gasteiger partial charge in [0.05, 0.1) is 24.2 Å². The van der Waals surface area contributed by atoms with Crippen molar-refractivity contribution >= 4 is 12.0 Å². The highest BCUT2D eigenvalue weighted by Gasteiger charge is 2.50. The largest absolute Gasteiger partial charge is 0.416 e. The molecule has 2 aliphatic rings. The van der Waals surface area contributed by atoms with Crippen LogP contribution in [0.25, 0.3) is 0 Å². The number of nitrogens with one attached hydrogen (secondary N) is 1. The van der Waals surface area contributed by atoms with Gasteiger partial charge in [-0.1, -0.05) is 32.4 Å². The average molecular weight is 605 g/mol. The lowest BCUT2D eigenvalue weighted by atomic mass is 9.74. The minimum atomic E-state index is -4.64. The molecule has 1 unspecified atom stereocenters. The van der Waals surface area contributed by atoms with Gasteiger partial charge in [0.25, 0.3) is 0 Å². The zero-order chi connectivity index (χ0) is 31.2. The fourth-order valence-electron chi connectivity index (χ4n) is 5.44. The van der Waals surface area contributed by atoms with Gasteiger partial charge in [0.15, 0.2) is 12.0 Å². The Balaban J connectivity index is 0.00000135. The van der Waals surface area contributed by atoms with Crippen molar-refractivity contribution < 1.29 is 27.1 Å². The highest BCUT2D eigenvalue weighted by atomic mass is 19.4. The molecule has 2 aromatic carbocycles. The van der Waals surface area contributed by atoms with Crippen LogP contribution in [0, 0.1) is 0 Å². The van der Waals surface area contributed by atoms with Gasteiger partial charge < -0.3 is 19.5 Å². The summed E-state index contributed by atoms with van der Waals surface area (Å²) >= 11 is 0. The van der Waals surface area contributed by atoms with Crippen LogP contribution in [0.4, 0.5) is 23.2 Å². The molecule has 2 fully saturated rings. The monoisotopic (exact) mass is 604 g/mol. The summed E-state index contributed by atoms with van der Waals surface area (Å²) in [7, 11) is 3.32. The molecule has 0 spiro atoms. The van der Waals surface area contributed by atoms with Crippen molar-refractivity contribution in [1.82, 2.24) is 25.0 Å². The summed E-state index contributed by atoms with van der Waals surface area (Å²) in [5.74, 6) is 0.174. The number of carbonyl (C=O) groups excluding carboxylic acids is 1. The number of anilines is 1. The van der Waals surface area contributed by atoms with Crippen molar-refractivity contribution in [3.8, 4) is 0 Å². The van der Waals surface area contributed by atoms with Gasteiger partial charge in [-0.2, -0.15) is 13.2 Å². The maximum absolute atomic E-state index is 15.8. The number of halogens is 4. The molecule has 2 aliphatic heterocycles. The third kappa shape index (κ3) is 7.25. The van der Waals surface area contributed by atoms with Gasteiger partial charge in [-0.15, -0.1) is 10.2 Å². The first-order valence-corrected chi connectivity index (χ1v) is 14.5. The predicted molar refractivity (Wildman–Crippen MR) is 157 cm³/mol. The van der Waals surface area contributed by atoms with Crippen LogP contribution < -0.4 is 10.2 Å². The van der Waals surface area contributed by atoms with E-state index in [1.54, 1.807) is 49.3 Å². The van der Waals surface area contributed by atoms with Crippen molar-refractivity contribution in [2.75, 3.05) is 51.3 Å². The Kier molecular flexibility index (Phi) is 10.6. The lowest BCUT2D eigenvalue weighted by molar-refractivity contribution is -0.138. The average Bonchev–Trinajstić information content (AvgIpc) is 3.39. The summed E-state index contributed by atoms with van der Waals surface area (Å²) in [5, 5.41) is 10.9. The van der Waals surface area contributed by atoms with Crippen molar-refractivity contribution in [2.45, 2.75) is 51.1 Å². The first-order valence-electron chi connectivity index (χ1n) is 14.5. The van der Waals surface area contributed by atoms with E-state index in [2.05, 4.69) is 34.3 Å². The van der Waals surface area contributed by atoms with E-state index in [9.17, 15) is 18.0 Å². The standard InChI is InChI=1S/C28H32F4N6O2.C3H8/c1-36(22-5-3-4-21(12-22)27(16-40-17-27)25(29)26-35-34-18-37(26)2)14-23-20(15-39)10-19(11-24(23)28(30,31)32)13-38-8-6-33-7-9-38;1-3-2/h3-5,10-12,15,18,25,33H,6-9,13-14,16-17H2,1-2H3;3H2,1-2H3. The summed E-state index contributed by atoms with van der Waals surface area (Å²) < 4.78 is 65.6. The van der Waals surface area contributed by atoms with Crippen molar-refractivity contribution in [3.63, 3.8) is 0 Å². The van der Waals surface area contributed by atoms with E-state index in [0.29, 0.717) is 29.6 Å². The number of aryl methyl sites for hydroxylation is 1. The Bertz CT molecular complexity index is 1370. The molecular formula is C31H40F4N6O2. The summed E-state index contributed by atoms with van der Waals surface area (Å²) in [6.07, 6.45) is -2.96. The lowest BCUT2D eigenvalue weighted by Crippen LogP contribution is -2.50. The molecule has 5 rings (SSSR count). The normalized spacial score (nSPS) is 17.4. The molecule has 0 aliphatic carbocycles. The number of hydrogen-bond acceptors (Lipinski definition) is 7. The maximum Gasteiger partial charge on any atom is 0.416 e. The number of nitrogens with zero attached hydrogens (tertiary/aromatic N) is 5. The number of piperazine rings is 1. The highest BCUT2D eigenvalue weighted by Crippen LogP contribution is 2.46. The Morgan fingerprint density at radius 2 is 1.86 bits per heavy atom. The Labute approximate surface area is 250 Å². The number of benzene rings is 2. The molecular weight excluding hydrogens is 564 g/mol. The molecule has 3 heterocycles. The predicted octanol–water partition coefficient (Wildman–Crippen LogP) is 5.08. The van der Waals surface area contributed by atoms with Crippen LogP contribution in [-0.2, 0) is 36.5 Å². The van der Waals surface area contributed by atoms with Crippen molar-refractivity contribution in [2.24, 2.45) is 7.05 Å². The molecule has 1 aromatic heterocycles. The van der Waals surface area contributed by atoms with Crippen LogP contribution in [0.1, 0.15) is 64.9 Å². The molecule has 0 saturated carbocycles. The number of aromatic nitrogens is 3. The van der Waals surface area contributed by atoms with Crippen LogP contribution in [0.5, 0.6) is 0 Å². The fraction of sp³-hybridized carbons (Fsp3) is 0.516. The van der Waals surface area contributed by atoms with Gasteiger partial charge in [0, 0.05) is 64.6 Å². The van der Waals surface area contributed by atoms with Crippen LogP contribution in [0.3, 0.4) is 0 Å². The number of carbonyl (C=O) groups is 1. The lowest BCUT2D eigenvalue weighted by Gasteiger charge is -2.44. The zero-order valence-corrected chi connectivity index (χ0v) is 25.1. The number of ether oxygens (including phenoxy) is 1. The Morgan fingerprint density at radius 1 is 1.16 bits per heavy atom. The summed E-state index contributed by atoms with van der Waals surface area (Å²) in [6, 6.07) is 9.75. The minimum absolute atomic E-state index is 0.0120. The van der Waals surface area contributed by atoms with Gasteiger partial charge in [-0.25, -0.2) is 4.39 Å². The van der Waals surface area contributed by atoms with Crippen LogP contribution in [0.2, 0.25) is 0 Å². The summed E-state index contributed by atoms with van der Waals surface area (Å²) in [5.41, 5.74) is -0.203. The van der Waals surface area contributed by atoms with Crippen LogP contribution in [-0.4, -0.2) is 72.4 Å². The number of aldehydes is 1. The van der Waals surface area contributed by atoms with Crippen LogP contribution in [0.15, 0.2) is 42.7 Å². The molecule has 3 aromatic rings.